The second-order valence-corrected chi connectivity index (χ2v) is 6.93. The van der Waals surface area contributed by atoms with E-state index in [-0.39, 0.29) is 30.3 Å². The molecule has 0 radical (unpaired) electrons. The van der Waals surface area contributed by atoms with Crippen LogP contribution in [-0.4, -0.2) is 50.7 Å². The van der Waals surface area contributed by atoms with E-state index in [4.69, 9.17) is 9.47 Å². The Hall–Kier alpha value is -3.02. The van der Waals surface area contributed by atoms with Crippen LogP contribution in [0.2, 0.25) is 0 Å². The molecular formula is C17H22F2N6O4. The van der Waals surface area contributed by atoms with E-state index in [1.165, 1.54) is 7.05 Å². The number of carbonyl (C=O) groups excluding carboxylic acids is 2. The van der Waals surface area contributed by atoms with Crippen molar-refractivity contribution in [3.05, 3.63) is 29.2 Å². The number of ether oxygens (including phenoxy) is 2. The van der Waals surface area contributed by atoms with Crippen LogP contribution in [0.25, 0.3) is 0 Å². The molecule has 158 valence electrons. The maximum absolute atomic E-state index is 12.7. The maximum atomic E-state index is 12.7. The van der Waals surface area contributed by atoms with Gasteiger partial charge >= 0.3 is 6.09 Å². The summed E-state index contributed by atoms with van der Waals surface area (Å²) < 4.78 is 37.4. The van der Waals surface area contributed by atoms with Crippen LogP contribution in [-0.2, 0) is 16.5 Å². The van der Waals surface area contributed by atoms with Gasteiger partial charge in [0.2, 0.25) is 0 Å². The van der Waals surface area contributed by atoms with Crippen molar-refractivity contribution in [3.63, 3.8) is 0 Å². The average molecular weight is 412 g/mol. The van der Waals surface area contributed by atoms with Crippen LogP contribution in [0, 0.1) is 0 Å². The number of rotatable bonds is 6. The first-order chi connectivity index (χ1) is 13.7. The number of aryl methyl sites for hydroxylation is 1. The quantitative estimate of drug-likeness (QED) is 0.669. The van der Waals surface area contributed by atoms with Gasteiger partial charge in [0.15, 0.2) is 5.82 Å². The van der Waals surface area contributed by atoms with Crippen LogP contribution >= 0.6 is 0 Å². The Morgan fingerprint density at radius 1 is 1.38 bits per heavy atom. The van der Waals surface area contributed by atoms with Crippen LogP contribution in [0.5, 0.6) is 0 Å². The topological polar surface area (TPSA) is 123 Å². The van der Waals surface area contributed by atoms with Gasteiger partial charge in [0.05, 0.1) is 12.3 Å². The van der Waals surface area contributed by atoms with Gasteiger partial charge in [-0.1, -0.05) is 0 Å². The van der Waals surface area contributed by atoms with Gasteiger partial charge in [0.1, 0.15) is 23.6 Å². The molecule has 2 aromatic rings. The molecule has 1 aliphatic rings. The molecule has 3 heterocycles. The van der Waals surface area contributed by atoms with Crippen LogP contribution < -0.4 is 10.6 Å². The first kappa shape index (κ1) is 20.7. The molecule has 0 bridgehead atoms. The van der Waals surface area contributed by atoms with Gasteiger partial charge in [-0.05, 0) is 19.9 Å². The third kappa shape index (κ3) is 5.08. The van der Waals surface area contributed by atoms with Crippen molar-refractivity contribution in [1.82, 2.24) is 25.3 Å². The molecule has 12 heteroatoms. The molecule has 2 aromatic heterocycles. The summed E-state index contributed by atoms with van der Waals surface area (Å²) in [6, 6.07) is 2.57. The van der Waals surface area contributed by atoms with Crippen molar-refractivity contribution in [2.75, 3.05) is 11.9 Å². The lowest BCUT2D eigenvalue weighted by atomic mass is 10.1. The lowest BCUT2D eigenvalue weighted by molar-refractivity contribution is 0.0682. The summed E-state index contributed by atoms with van der Waals surface area (Å²) in [5, 5.41) is 15.5. The number of hydrogen-bond donors (Lipinski definition) is 3. The summed E-state index contributed by atoms with van der Waals surface area (Å²) in [4.78, 5) is 24.0. The van der Waals surface area contributed by atoms with Crippen LogP contribution in [0.15, 0.2) is 12.1 Å². The summed E-state index contributed by atoms with van der Waals surface area (Å²) in [6.07, 6.45) is -3.63. The second kappa shape index (κ2) is 8.55. The van der Waals surface area contributed by atoms with E-state index in [1.807, 2.05) is 13.8 Å². The van der Waals surface area contributed by atoms with Gasteiger partial charge in [-0.2, -0.15) is 10.2 Å². The minimum atomic E-state index is -2.77. The molecule has 1 saturated heterocycles. The molecule has 10 nitrogen and oxygen atoms in total. The summed E-state index contributed by atoms with van der Waals surface area (Å²) in [7, 11) is 1.40. The molecule has 0 aromatic carbocycles. The number of alkyl carbamates (subject to hydrolysis) is 1. The van der Waals surface area contributed by atoms with E-state index >= 15 is 0 Å². The molecule has 0 spiro atoms. The number of aromatic nitrogens is 4. The van der Waals surface area contributed by atoms with E-state index in [0.29, 0.717) is 12.1 Å². The summed E-state index contributed by atoms with van der Waals surface area (Å²) in [5.74, 6) is -0.417. The highest BCUT2D eigenvalue weighted by atomic mass is 19.3. The number of hydrogen-bond acceptors (Lipinski definition) is 6. The number of carbonyl (C=O) groups is 2. The third-order valence-corrected chi connectivity index (χ3v) is 4.18. The Balaban J connectivity index is 1.57. The Morgan fingerprint density at radius 3 is 2.79 bits per heavy atom. The maximum Gasteiger partial charge on any atom is 0.407 e. The van der Waals surface area contributed by atoms with Crippen molar-refractivity contribution >= 4 is 17.8 Å². The van der Waals surface area contributed by atoms with Gasteiger partial charge in [-0.3, -0.25) is 14.6 Å². The Bertz CT molecular complexity index is 881. The highest BCUT2D eigenvalue weighted by Gasteiger charge is 2.31. The number of amides is 2. The number of H-pyrrole nitrogens is 1. The smallest absolute Gasteiger partial charge is 0.407 e. The van der Waals surface area contributed by atoms with E-state index in [9.17, 15) is 18.4 Å². The van der Waals surface area contributed by atoms with Crippen molar-refractivity contribution < 1.29 is 27.8 Å². The lowest BCUT2D eigenvalue weighted by Gasteiger charge is -2.13. The van der Waals surface area contributed by atoms with Gasteiger partial charge < -0.3 is 20.1 Å². The number of nitrogens with zero attached hydrogens (tertiary/aromatic N) is 3. The highest BCUT2D eigenvalue weighted by Crippen LogP contribution is 2.30. The molecule has 1 fully saturated rings. The van der Waals surface area contributed by atoms with Gasteiger partial charge in [0, 0.05) is 25.6 Å². The molecule has 2 amide bonds. The molecule has 3 rings (SSSR count). The number of nitrogens with one attached hydrogen (secondary N) is 3. The molecule has 0 unspecified atom stereocenters. The second-order valence-electron chi connectivity index (χ2n) is 6.93. The molecule has 1 aliphatic heterocycles. The van der Waals surface area contributed by atoms with E-state index < -0.39 is 30.2 Å². The van der Waals surface area contributed by atoms with Crippen LogP contribution in [0.4, 0.5) is 19.4 Å². The van der Waals surface area contributed by atoms with E-state index in [0.717, 1.165) is 10.7 Å². The van der Waals surface area contributed by atoms with Crippen molar-refractivity contribution in [2.24, 2.45) is 7.05 Å². The fourth-order valence-electron chi connectivity index (χ4n) is 2.87. The minimum Gasteiger partial charge on any atom is -0.444 e. The van der Waals surface area contributed by atoms with E-state index in [1.54, 1.807) is 6.07 Å². The molecule has 29 heavy (non-hydrogen) atoms. The monoisotopic (exact) mass is 412 g/mol. The summed E-state index contributed by atoms with van der Waals surface area (Å²) in [5.41, 5.74) is 0.0906. The average Bonchev–Trinajstić information content (AvgIpc) is 3.33. The molecule has 2 atom stereocenters. The summed E-state index contributed by atoms with van der Waals surface area (Å²) in [6.45, 7) is 3.90. The third-order valence-electron chi connectivity index (χ3n) is 4.18. The Labute approximate surface area is 164 Å². The lowest BCUT2D eigenvalue weighted by Crippen LogP contribution is -2.33. The standard InChI is InChI=1S/C17H22F2N6O4/c1-8(2)20-17(27)29-9-4-13(28-7-9)10-6-14(23-22-10)21-16(26)12-5-11(15(18)19)24-25(12)3/h5-6,8-9,13,15H,4,7H2,1-3H3,(H,20,27)(H2,21,22,23,26)/t9-,13-/m1/s1. The predicted molar refractivity (Wildman–Crippen MR) is 96.6 cm³/mol. The van der Waals surface area contributed by atoms with Crippen molar-refractivity contribution in [3.8, 4) is 0 Å². The fourth-order valence-corrected chi connectivity index (χ4v) is 2.87. The molecule has 0 aliphatic carbocycles. The normalized spacial score (nSPS) is 19.0. The largest absolute Gasteiger partial charge is 0.444 e. The highest BCUT2D eigenvalue weighted by molar-refractivity contribution is 6.02. The number of anilines is 1. The van der Waals surface area contributed by atoms with E-state index in [2.05, 4.69) is 25.9 Å². The number of alkyl halides is 2. The first-order valence-electron chi connectivity index (χ1n) is 9.00. The van der Waals surface area contributed by atoms with Crippen molar-refractivity contribution in [1.29, 1.82) is 0 Å². The van der Waals surface area contributed by atoms with Crippen LogP contribution in [0.1, 0.15) is 54.7 Å². The molecular weight excluding hydrogens is 390 g/mol. The first-order valence-corrected chi connectivity index (χ1v) is 9.00. The van der Waals surface area contributed by atoms with Gasteiger partial charge in [-0.25, -0.2) is 13.6 Å². The van der Waals surface area contributed by atoms with Crippen LogP contribution in [0.3, 0.4) is 0 Å². The zero-order chi connectivity index (χ0) is 21.1. The zero-order valence-corrected chi connectivity index (χ0v) is 16.1. The Morgan fingerprint density at radius 2 is 2.14 bits per heavy atom. The van der Waals surface area contributed by atoms with Gasteiger partial charge in [-0.15, -0.1) is 0 Å². The Kier molecular flexibility index (Phi) is 6.11. The number of aromatic amines is 1. The van der Waals surface area contributed by atoms with Crippen molar-refractivity contribution in [2.45, 2.75) is 44.9 Å². The zero-order valence-electron chi connectivity index (χ0n) is 16.1. The molecule has 0 saturated carbocycles. The number of halogens is 2. The predicted octanol–water partition coefficient (Wildman–Crippen LogP) is 2.30. The molecule has 3 N–H and O–H groups in total. The SMILES string of the molecule is CC(C)NC(=O)O[C@H]1CO[C@@H](c2cc(NC(=O)c3cc(C(F)F)nn3C)n[nH]2)C1. The fraction of sp³-hybridized carbons (Fsp3) is 0.529. The summed E-state index contributed by atoms with van der Waals surface area (Å²) >= 11 is 0. The minimum absolute atomic E-state index is 0.0217. The van der Waals surface area contributed by atoms with Gasteiger partial charge in [0.25, 0.3) is 12.3 Å².